The lowest BCUT2D eigenvalue weighted by Crippen LogP contribution is -2.16. The fraction of sp³-hybridized carbons (Fsp3) is 0.364. The summed E-state index contributed by atoms with van der Waals surface area (Å²) in [6, 6.07) is 2.30. The molecule has 100 valence electrons. The Morgan fingerprint density at radius 3 is 2.28 bits per heavy atom. The second-order valence-electron chi connectivity index (χ2n) is 3.91. The van der Waals surface area contributed by atoms with Crippen molar-refractivity contribution in [1.29, 1.82) is 0 Å². The number of aryl methyl sites for hydroxylation is 2. The smallest absolute Gasteiger partial charge is 0.335 e. The van der Waals surface area contributed by atoms with Crippen molar-refractivity contribution < 1.29 is 27.1 Å². The summed E-state index contributed by atoms with van der Waals surface area (Å²) in [4.78, 5) is 10.5. The number of hydrogen-bond acceptors (Lipinski definition) is 3. The van der Waals surface area contributed by atoms with E-state index in [0.29, 0.717) is 5.56 Å². The fourth-order valence-corrected chi connectivity index (χ4v) is 3.01. The first-order valence-electron chi connectivity index (χ1n) is 5.00. The van der Waals surface area contributed by atoms with Crippen molar-refractivity contribution in [2.75, 3.05) is 5.75 Å². The number of carboxylic acid groups (broad SMARTS) is 1. The van der Waals surface area contributed by atoms with Crippen LogP contribution in [0.5, 0.6) is 0 Å². The summed E-state index contributed by atoms with van der Waals surface area (Å²) < 4.78 is 47.7. The van der Waals surface area contributed by atoms with Gasteiger partial charge in [0.15, 0.2) is 9.84 Å². The zero-order valence-corrected chi connectivity index (χ0v) is 10.6. The molecule has 0 heterocycles. The maximum absolute atomic E-state index is 12.2. The van der Waals surface area contributed by atoms with Crippen molar-refractivity contribution in [1.82, 2.24) is 0 Å². The second kappa shape index (κ2) is 5.01. The average Bonchev–Trinajstić information content (AvgIpc) is 2.13. The minimum atomic E-state index is -4.18. The van der Waals surface area contributed by atoms with E-state index in [-0.39, 0.29) is 16.0 Å². The molecule has 0 bridgehead atoms. The van der Waals surface area contributed by atoms with Crippen molar-refractivity contribution in [3.8, 4) is 0 Å². The summed E-state index contributed by atoms with van der Waals surface area (Å²) in [7, 11) is -4.18. The van der Waals surface area contributed by atoms with Crippen LogP contribution in [0.15, 0.2) is 17.0 Å². The van der Waals surface area contributed by atoms with Crippen molar-refractivity contribution >= 4 is 15.8 Å². The highest BCUT2D eigenvalue weighted by atomic mass is 32.2. The Morgan fingerprint density at radius 1 is 1.28 bits per heavy atom. The van der Waals surface area contributed by atoms with Gasteiger partial charge < -0.3 is 5.11 Å². The summed E-state index contributed by atoms with van der Waals surface area (Å²) in [5.41, 5.74) is 0.447. The van der Waals surface area contributed by atoms with E-state index >= 15 is 0 Å². The summed E-state index contributed by atoms with van der Waals surface area (Å²) in [5, 5.41) is 8.89. The monoisotopic (exact) mass is 278 g/mol. The maximum Gasteiger partial charge on any atom is 0.335 e. The highest BCUT2D eigenvalue weighted by Crippen LogP contribution is 2.22. The van der Waals surface area contributed by atoms with Crippen LogP contribution in [0.2, 0.25) is 0 Å². The molecule has 1 rings (SSSR count). The summed E-state index contributed by atoms with van der Waals surface area (Å²) in [6.45, 7) is 2.96. The molecular weight excluding hydrogens is 266 g/mol. The molecule has 0 aliphatic heterocycles. The molecule has 1 N–H and O–H groups in total. The van der Waals surface area contributed by atoms with Crippen LogP contribution in [0.25, 0.3) is 0 Å². The zero-order chi connectivity index (χ0) is 14.1. The van der Waals surface area contributed by atoms with Gasteiger partial charge in [-0.05, 0) is 31.0 Å². The number of alkyl halides is 2. The first kappa shape index (κ1) is 14.6. The van der Waals surface area contributed by atoms with Crippen molar-refractivity contribution in [3.05, 3.63) is 28.8 Å². The van der Waals surface area contributed by atoms with Gasteiger partial charge >= 0.3 is 5.97 Å². The van der Waals surface area contributed by atoms with Crippen LogP contribution < -0.4 is 0 Å². The molecule has 0 aliphatic carbocycles. The number of carbonyl (C=O) groups is 1. The number of hydrogen-bond donors (Lipinski definition) is 1. The van der Waals surface area contributed by atoms with E-state index in [0.717, 1.165) is 6.07 Å². The minimum Gasteiger partial charge on any atom is -0.478 e. The third-order valence-electron chi connectivity index (χ3n) is 2.43. The Kier molecular flexibility index (Phi) is 4.05. The van der Waals surface area contributed by atoms with Gasteiger partial charge in [-0.1, -0.05) is 6.07 Å². The molecule has 0 saturated carbocycles. The molecule has 0 saturated heterocycles. The van der Waals surface area contributed by atoms with E-state index in [1.54, 1.807) is 0 Å². The molecule has 0 atom stereocenters. The van der Waals surface area contributed by atoms with E-state index in [1.165, 1.54) is 19.9 Å². The van der Waals surface area contributed by atoms with Crippen molar-refractivity contribution in [2.45, 2.75) is 25.2 Å². The van der Waals surface area contributed by atoms with Gasteiger partial charge in [0.1, 0.15) is 5.75 Å². The number of aromatic carboxylic acids is 1. The quantitative estimate of drug-likeness (QED) is 0.914. The molecule has 0 amide bonds. The highest BCUT2D eigenvalue weighted by molar-refractivity contribution is 7.91. The van der Waals surface area contributed by atoms with Gasteiger partial charge in [-0.25, -0.2) is 22.0 Å². The van der Waals surface area contributed by atoms with Crippen LogP contribution in [0.4, 0.5) is 8.78 Å². The molecular formula is C11H12F2O4S. The highest BCUT2D eigenvalue weighted by Gasteiger charge is 2.24. The van der Waals surface area contributed by atoms with E-state index in [9.17, 15) is 22.0 Å². The zero-order valence-electron chi connectivity index (χ0n) is 9.78. The Balaban J connectivity index is 3.42. The van der Waals surface area contributed by atoms with Crippen LogP contribution in [-0.2, 0) is 9.84 Å². The fourth-order valence-electron chi connectivity index (χ4n) is 1.65. The Morgan fingerprint density at radius 2 is 1.83 bits per heavy atom. The molecule has 1 aromatic rings. The van der Waals surface area contributed by atoms with Crippen LogP contribution in [-0.4, -0.2) is 31.7 Å². The van der Waals surface area contributed by atoms with E-state index < -0.39 is 28.0 Å². The topological polar surface area (TPSA) is 71.4 Å². The van der Waals surface area contributed by atoms with Crippen molar-refractivity contribution in [3.63, 3.8) is 0 Å². The SMILES string of the molecule is Cc1cc(C)c(S(=O)(=O)CC(F)F)cc1C(=O)O. The van der Waals surface area contributed by atoms with Gasteiger partial charge in [0, 0.05) is 0 Å². The predicted molar refractivity (Wildman–Crippen MR) is 60.9 cm³/mol. The third-order valence-corrected chi connectivity index (χ3v) is 4.23. The number of sulfone groups is 1. The lowest BCUT2D eigenvalue weighted by atomic mass is 10.1. The molecule has 18 heavy (non-hydrogen) atoms. The summed E-state index contributed by atoms with van der Waals surface area (Å²) in [5.74, 6) is -2.60. The Labute approximate surface area is 103 Å². The predicted octanol–water partition coefficient (Wildman–Crippen LogP) is 2.04. The summed E-state index contributed by atoms with van der Waals surface area (Å²) >= 11 is 0. The van der Waals surface area contributed by atoms with Crippen LogP contribution in [0, 0.1) is 13.8 Å². The first-order valence-corrected chi connectivity index (χ1v) is 6.66. The van der Waals surface area contributed by atoms with Crippen molar-refractivity contribution in [2.24, 2.45) is 0 Å². The lowest BCUT2D eigenvalue weighted by molar-refractivity contribution is 0.0696. The lowest BCUT2D eigenvalue weighted by Gasteiger charge is -2.10. The molecule has 7 heteroatoms. The maximum atomic E-state index is 12.2. The van der Waals surface area contributed by atoms with E-state index in [1.807, 2.05) is 0 Å². The van der Waals surface area contributed by atoms with E-state index in [2.05, 4.69) is 0 Å². The summed E-state index contributed by atoms with van der Waals surface area (Å²) in [6.07, 6.45) is -3.00. The molecule has 4 nitrogen and oxygen atoms in total. The number of halogens is 2. The number of carboxylic acids is 1. The van der Waals surface area contributed by atoms with Crippen LogP contribution in [0.3, 0.4) is 0 Å². The largest absolute Gasteiger partial charge is 0.478 e. The van der Waals surface area contributed by atoms with Gasteiger partial charge in [0.25, 0.3) is 6.43 Å². The van der Waals surface area contributed by atoms with E-state index in [4.69, 9.17) is 5.11 Å². The van der Waals surface area contributed by atoms with Gasteiger partial charge in [0.2, 0.25) is 0 Å². The molecule has 0 fully saturated rings. The molecule has 1 aromatic carbocycles. The van der Waals surface area contributed by atoms with Gasteiger partial charge in [-0.3, -0.25) is 0 Å². The van der Waals surface area contributed by atoms with Crippen LogP contribution in [0.1, 0.15) is 21.5 Å². The third kappa shape index (κ3) is 3.04. The molecule has 0 unspecified atom stereocenters. The average molecular weight is 278 g/mol. The number of rotatable bonds is 4. The number of benzene rings is 1. The van der Waals surface area contributed by atoms with Crippen LogP contribution >= 0.6 is 0 Å². The second-order valence-corrected chi connectivity index (χ2v) is 5.91. The Hall–Kier alpha value is -1.50. The minimum absolute atomic E-state index is 0.201. The normalized spacial score (nSPS) is 11.8. The van der Waals surface area contributed by atoms with Gasteiger partial charge in [-0.15, -0.1) is 0 Å². The van der Waals surface area contributed by atoms with Gasteiger partial charge in [0.05, 0.1) is 10.5 Å². The molecule has 0 spiro atoms. The van der Waals surface area contributed by atoms with Gasteiger partial charge in [-0.2, -0.15) is 0 Å². The Bertz CT molecular complexity index is 579. The first-order chi connectivity index (χ1) is 8.15. The molecule has 0 radical (unpaired) electrons. The standard InChI is InChI=1S/C11H12F2O4S/c1-6-3-7(2)9(4-8(6)11(14)15)18(16,17)5-10(12)13/h3-4,10H,5H2,1-2H3,(H,14,15). The molecule has 0 aliphatic rings. The molecule has 0 aromatic heterocycles.